The minimum atomic E-state index is -1.18. The van der Waals surface area contributed by atoms with Gasteiger partial charge in [-0.1, -0.05) is 12.1 Å². The molecule has 31 heavy (non-hydrogen) atoms. The summed E-state index contributed by atoms with van der Waals surface area (Å²) in [6, 6.07) is 13.6. The number of carbonyl (C=O) groups is 2. The van der Waals surface area contributed by atoms with E-state index in [1.165, 1.54) is 36.5 Å². The van der Waals surface area contributed by atoms with Crippen LogP contribution in [0.3, 0.4) is 0 Å². The molecule has 0 aliphatic carbocycles. The first kappa shape index (κ1) is 19.9. The lowest BCUT2D eigenvalue weighted by molar-refractivity contribution is 0.0690. The minimum absolute atomic E-state index is 0.0546. The predicted octanol–water partition coefficient (Wildman–Crippen LogP) is 4.22. The summed E-state index contributed by atoms with van der Waals surface area (Å²) in [6.07, 6.45) is 1.22. The number of carboxylic acids is 1. The number of fused-ring (bicyclic) bond motifs is 1. The Bertz CT molecular complexity index is 1310. The number of rotatable bonds is 5. The van der Waals surface area contributed by atoms with E-state index in [1.54, 1.807) is 31.2 Å². The van der Waals surface area contributed by atoms with Gasteiger partial charge < -0.3 is 15.2 Å². The number of amides is 1. The monoisotopic (exact) mass is 418 g/mol. The van der Waals surface area contributed by atoms with Gasteiger partial charge in [-0.3, -0.25) is 4.79 Å². The van der Waals surface area contributed by atoms with Gasteiger partial charge >= 0.3 is 5.97 Å². The number of hydrogen-bond donors (Lipinski definition) is 2. The van der Waals surface area contributed by atoms with Crippen LogP contribution >= 0.6 is 0 Å². The maximum absolute atomic E-state index is 13.4. The summed E-state index contributed by atoms with van der Waals surface area (Å²) in [5.41, 5.74) is 1.55. The summed E-state index contributed by atoms with van der Waals surface area (Å²) >= 11 is 0. The van der Waals surface area contributed by atoms with Gasteiger partial charge in [0.2, 0.25) is 0 Å². The largest absolute Gasteiger partial charge is 0.477 e. The molecule has 0 bridgehead atoms. The summed E-state index contributed by atoms with van der Waals surface area (Å²) in [4.78, 5) is 36.4. The van der Waals surface area contributed by atoms with E-state index in [4.69, 9.17) is 9.84 Å². The third-order valence-electron chi connectivity index (χ3n) is 4.34. The number of aromatic nitrogens is 3. The van der Waals surface area contributed by atoms with Gasteiger partial charge in [0.05, 0.1) is 22.9 Å². The maximum Gasteiger partial charge on any atom is 0.354 e. The summed E-state index contributed by atoms with van der Waals surface area (Å²) < 4.78 is 19.3. The molecule has 1 amide bonds. The molecule has 8 nitrogen and oxygen atoms in total. The van der Waals surface area contributed by atoms with E-state index >= 15 is 0 Å². The van der Waals surface area contributed by atoms with Crippen molar-refractivity contribution in [2.75, 3.05) is 5.32 Å². The number of para-hydroxylation sites is 2. The molecule has 2 heterocycles. The molecule has 0 saturated carbocycles. The van der Waals surface area contributed by atoms with Crippen LogP contribution in [0.1, 0.15) is 26.5 Å². The molecule has 4 aromatic rings. The van der Waals surface area contributed by atoms with Crippen LogP contribution in [0.5, 0.6) is 11.6 Å². The number of benzene rings is 2. The summed E-state index contributed by atoms with van der Waals surface area (Å²) in [6.45, 7) is 1.67. The fraction of sp³-hybridized carbons (Fsp3) is 0.0455. The van der Waals surface area contributed by atoms with Crippen molar-refractivity contribution < 1.29 is 23.8 Å². The summed E-state index contributed by atoms with van der Waals surface area (Å²) in [5.74, 6) is -1.94. The number of carbonyl (C=O) groups excluding carboxylic acids is 1. The molecule has 0 unspecified atom stereocenters. The van der Waals surface area contributed by atoms with Crippen molar-refractivity contribution in [1.29, 1.82) is 0 Å². The number of nitrogens with zero attached hydrogens (tertiary/aromatic N) is 3. The van der Waals surface area contributed by atoms with Gasteiger partial charge in [0.25, 0.3) is 11.8 Å². The predicted molar refractivity (Wildman–Crippen MR) is 110 cm³/mol. The Morgan fingerprint density at radius 2 is 1.77 bits per heavy atom. The molecule has 0 atom stereocenters. The van der Waals surface area contributed by atoms with Crippen molar-refractivity contribution in [1.82, 2.24) is 15.0 Å². The second-order valence-electron chi connectivity index (χ2n) is 6.57. The van der Waals surface area contributed by atoms with Crippen LogP contribution in [0.15, 0.2) is 60.8 Å². The van der Waals surface area contributed by atoms with Crippen molar-refractivity contribution in [2.24, 2.45) is 0 Å². The number of hydrogen-bond acceptors (Lipinski definition) is 6. The van der Waals surface area contributed by atoms with Gasteiger partial charge in [-0.15, -0.1) is 0 Å². The van der Waals surface area contributed by atoms with E-state index in [2.05, 4.69) is 20.3 Å². The lowest BCUT2D eigenvalue weighted by Gasteiger charge is -2.12. The van der Waals surface area contributed by atoms with Gasteiger partial charge in [0, 0.05) is 0 Å². The van der Waals surface area contributed by atoms with Crippen LogP contribution < -0.4 is 10.1 Å². The van der Waals surface area contributed by atoms with E-state index in [0.29, 0.717) is 22.3 Å². The molecule has 2 aromatic carbocycles. The van der Waals surface area contributed by atoms with E-state index in [-0.39, 0.29) is 23.0 Å². The molecule has 2 aromatic heterocycles. The van der Waals surface area contributed by atoms with Crippen LogP contribution in [-0.4, -0.2) is 31.9 Å². The molecule has 9 heteroatoms. The SMILES string of the molecule is Cc1cc(F)ccc1Oc1nc2ccccc2nc1C(=O)Nc1ccc(C(=O)O)nc1. The fourth-order valence-electron chi connectivity index (χ4n) is 2.82. The van der Waals surface area contributed by atoms with Crippen molar-refractivity contribution in [2.45, 2.75) is 6.92 Å². The minimum Gasteiger partial charge on any atom is -0.477 e. The van der Waals surface area contributed by atoms with Gasteiger partial charge in [-0.05, 0) is 55.0 Å². The fourth-order valence-corrected chi connectivity index (χ4v) is 2.82. The normalized spacial score (nSPS) is 10.6. The average molecular weight is 418 g/mol. The number of carboxylic acid groups (broad SMARTS) is 1. The van der Waals surface area contributed by atoms with Crippen LogP contribution in [0.25, 0.3) is 11.0 Å². The highest BCUT2D eigenvalue weighted by atomic mass is 19.1. The zero-order valence-corrected chi connectivity index (χ0v) is 16.2. The van der Waals surface area contributed by atoms with E-state index in [0.717, 1.165) is 0 Å². The summed E-state index contributed by atoms with van der Waals surface area (Å²) in [5, 5.41) is 11.5. The molecule has 0 spiro atoms. The molecular weight excluding hydrogens is 403 g/mol. The molecule has 0 fully saturated rings. The maximum atomic E-state index is 13.4. The smallest absolute Gasteiger partial charge is 0.354 e. The molecule has 154 valence electrons. The number of halogens is 1. The second kappa shape index (κ2) is 8.15. The number of pyridine rings is 1. The van der Waals surface area contributed by atoms with Gasteiger partial charge in [0.15, 0.2) is 5.69 Å². The number of nitrogens with one attached hydrogen (secondary N) is 1. The Balaban J connectivity index is 1.71. The van der Waals surface area contributed by atoms with E-state index in [1.807, 2.05) is 0 Å². The number of ether oxygens (including phenoxy) is 1. The zero-order chi connectivity index (χ0) is 22.0. The lowest BCUT2D eigenvalue weighted by Crippen LogP contribution is -2.16. The molecule has 0 saturated heterocycles. The molecule has 2 N–H and O–H groups in total. The van der Waals surface area contributed by atoms with E-state index < -0.39 is 17.7 Å². The number of aromatic carboxylic acids is 1. The molecular formula is C22H15FN4O4. The van der Waals surface area contributed by atoms with Crippen LogP contribution in [-0.2, 0) is 0 Å². The molecule has 0 radical (unpaired) electrons. The number of anilines is 1. The first-order valence-corrected chi connectivity index (χ1v) is 9.12. The standard InChI is InChI=1S/C22H15FN4O4/c1-12-10-13(23)6-9-18(12)31-21-19(26-15-4-2-3-5-16(15)27-21)20(28)25-14-7-8-17(22(29)30)24-11-14/h2-11H,1H3,(H,25,28)(H,29,30). The van der Waals surface area contributed by atoms with Crippen molar-refractivity contribution in [3.8, 4) is 11.6 Å². The Kier molecular flexibility index (Phi) is 5.23. The second-order valence-corrected chi connectivity index (χ2v) is 6.57. The van der Waals surface area contributed by atoms with Crippen molar-refractivity contribution in [3.05, 3.63) is 83.6 Å². The molecule has 4 rings (SSSR count). The van der Waals surface area contributed by atoms with Crippen LogP contribution in [0.4, 0.5) is 10.1 Å². The van der Waals surface area contributed by atoms with Crippen LogP contribution in [0.2, 0.25) is 0 Å². The zero-order valence-electron chi connectivity index (χ0n) is 16.2. The van der Waals surface area contributed by atoms with Gasteiger partial charge in [-0.25, -0.2) is 24.1 Å². The van der Waals surface area contributed by atoms with Crippen LogP contribution in [0, 0.1) is 12.7 Å². The Morgan fingerprint density at radius 1 is 1.03 bits per heavy atom. The third kappa shape index (κ3) is 4.30. The van der Waals surface area contributed by atoms with Gasteiger partial charge in [-0.2, -0.15) is 0 Å². The quantitative estimate of drug-likeness (QED) is 0.499. The third-order valence-corrected chi connectivity index (χ3v) is 4.34. The first-order chi connectivity index (χ1) is 14.9. The molecule has 0 aliphatic rings. The van der Waals surface area contributed by atoms with Gasteiger partial charge in [0.1, 0.15) is 17.3 Å². The average Bonchev–Trinajstić information content (AvgIpc) is 2.75. The lowest BCUT2D eigenvalue weighted by atomic mass is 10.2. The van der Waals surface area contributed by atoms with Crippen molar-refractivity contribution >= 4 is 28.6 Å². The highest BCUT2D eigenvalue weighted by Crippen LogP contribution is 2.28. The Morgan fingerprint density at radius 3 is 2.42 bits per heavy atom. The highest BCUT2D eigenvalue weighted by molar-refractivity contribution is 6.05. The Labute approximate surface area is 175 Å². The first-order valence-electron chi connectivity index (χ1n) is 9.12. The molecule has 0 aliphatic heterocycles. The van der Waals surface area contributed by atoms with Crippen molar-refractivity contribution in [3.63, 3.8) is 0 Å². The summed E-state index contributed by atoms with van der Waals surface area (Å²) in [7, 11) is 0. The number of aryl methyl sites for hydroxylation is 1. The highest BCUT2D eigenvalue weighted by Gasteiger charge is 2.20. The Hall–Kier alpha value is -4.40. The topological polar surface area (TPSA) is 114 Å². The van der Waals surface area contributed by atoms with E-state index in [9.17, 15) is 14.0 Å².